The van der Waals surface area contributed by atoms with Crippen molar-refractivity contribution in [3.63, 3.8) is 0 Å². The van der Waals surface area contributed by atoms with Crippen LogP contribution in [-0.2, 0) is 20.8 Å². The van der Waals surface area contributed by atoms with E-state index < -0.39 is 23.9 Å². The molecule has 1 aromatic rings. The Labute approximate surface area is 148 Å². The summed E-state index contributed by atoms with van der Waals surface area (Å²) in [6, 6.07) is 2.48. The molecule has 8 heteroatoms. The molecule has 0 spiro atoms. The number of hydrogen-bond donors (Lipinski definition) is 2. The van der Waals surface area contributed by atoms with Gasteiger partial charge in [-0.25, -0.2) is 4.79 Å². The Kier molecular flexibility index (Phi) is 6.84. The van der Waals surface area contributed by atoms with Crippen LogP contribution in [0.3, 0.4) is 0 Å². The van der Waals surface area contributed by atoms with Crippen LogP contribution in [0.5, 0.6) is 5.75 Å². The molecule has 0 fully saturated rings. The van der Waals surface area contributed by atoms with Crippen molar-refractivity contribution in [2.75, 3.05) is 0 Å². The van der Waals surface area contributed by atoms with E-state index in [1.807, 2.05) is 45.2 Å². The molecule has 0 saturated carbocycles. The Morgan fingerprint density at radius 3 is 2.14 bits per heavy atom. The third-order valence-corrected chi connectivity index (χ3v) is 4.02. The first-order valence-corrected chi connectivity index (χ1v) is 8.02. The van der Waals surface area contributed by atoms with E-state index >= 15 is 0 Å². The number of ether oxygens (including phenoxy) is 1. The van der Waals surface area contributed by atoms with Crippen molar-refractivity contribution in [1.29, 1.82) is 0 Å². The van der Waals surface area contributed by atoms with Crippen LogP contribution in [0, 0.1) is 7.14 Å². The van der Waals surface area contributed by atoms with Crippen LogP contribution in [0.2, 0.25) is 0 Å². The number of esters is 1. The number of aliphatic carboxylic acids is 1. The van der Waals surface area contributed by atoms with E-state index in [1.54, 1.807) is 12.1 Å². The molecule has 0 heterocycles. The van der Waals surface area contributed by atoms with Gasteiger partial charge in [0.2, 0.25) is 5.91 Å². The van der Waals surface area contributed by atoms with Gasteiger partial charge < -0.3 is 15.2 Å². The number of amides is 1. The van der Waals surface area contributed by atoms with Crippen molar-refractivity contribution in [3.05, 3.63) is 24.8 Å². The summed E-state index contributed by atoms with van der Waals surface area (Å²) >= 11 is 4.04. The topological polar surface area (TPSA) is 92.7 Å². The first-order valence-electron chi connectivity index (χ1n) is 5.87. The average Bonchev–Trinajstić information content (AvgIpc) is 2.32. The first-order chi connectivity index (χ1) is 9.70. The van der Waals surface area contributed by atoms with Gasteiger partial charge >= 0.3 is 11.9 Å². The van der Waals surface area contributed by atoms with Gasteiger partial charge in [-0.15, -0.1) is 0 Å². The Morgan fingerprint density at radius 1 is 1.24 bits per heavy atom. The van der Waals surface area contributed by atoms with Crippen molar-refractivity contribution in [2.24, 2.45) is 0 Å². The van der Waals surface area contributed by atoms with Crippen molar-refractivity contribution in [3.8, 4) is 5.75 Å². The van der Waals surface area contributed by atoms with Crippen molar-refractivity contribution >= 4 is 63.0 Å². The maximum absolute atomic E-state index is 11.1. The smallest absolute Gasteiger partial charge is 0.326 e. The van der Waals surface area contributed by atoms with Crippen LogP contribution in [-0.4, -0.2) is 29.0 Å². The zero-order valence-corrected chi connectivity index (χ0v) is 15.6. The number of halogens is 2. The summed E-state index contributed by atoms with van der Waals surface area (Å²) in [6.45, 7) is 2.59. The Balaban J connectivity index is 3.01. The van der Waals surface area contributed by atoms with E-state index in [9.17, 15) is 14.4 Å². The lowest BCUT2D eigenvalue weighted by atomic mass is 10.1. The molecule has 21 heavy (non-hydrogen) atoms. The van der Waals surface area contributed by atoms with Gasteiger partial charge in [0.15, 0.2) is 5.75 Å². The predicted molar refractivity (Wildman–Crippen MR) is 92.1 cm³/mol. The monoisotopic (exact) mass is 517 g/mol. The van der Waals surface area contributed by atoms with E-state index in [0.717, 1.165) is 5.56 Å². The number of nitrogens with one attached hydrogen (secondary N) is 1. The zero-order valence-electron chi connectivity index (χ0n) is 11.3. The molecule has 0 aliphatic heterocycles. The number of carbonyl (C=O) groups excluding carboxylic acids is 2. The maximum Gasteiger partial charge on any atom is 0.326 e. The summed E-state index contributed by atoms with van der Waals surface area (Å²) in [4.78, 5) is 33.2. The summed E-state index contributed by atoms with van der Waals surface area (Å²) in [5, 5.41) is 11.5. The summed E-state index contributed by atoms with van der Waals surface area (Å²) in [5.74, 6) is -1.46. The minimum Gasteiger partial charge on any atom is -0.480 e. The van der Waals surface area contributed by atoms with Gasteiger partial charge in [0, 0.05) is 20.3 Å². The van der Waals surface area contributed by atoms with Gasteiger partial charge in [-0.1, -0.05) is 0 Å². The normalized spacial score (nSPS) is 11.6. The lowest BCUT2D eigenvalue weighted by Gasteiger charge is -2.15. The molecule has 0 aliphatic carbocycles. The van der Waals surface area contributed by atoms with Gasteiger partial charge in [-0.05, 0) is 62.9 Å². The van der Waals surface area contributed by atoms with Crippen molar-refractivity contribution < 1.29 is 24.2 Å². The van der Waals surface area contributed by atoms with Gasteiger partial charge in [0.05, 0.1) is 7.14 Å². The fourth-order valence-corrected chi connectivity index (χ4v) is 3.77. The third kappa shape index (κ3) is 5.77. The third-order valence-electron chi connectivity index (χ3n) is 2.42. The number of hydrogen-bond acceptors (Lipinski definition) is 4. The van der Waals surface area contributed by atoms with E-state index in [2.05, 4.69) is 5.32 Å². The number of carbonyl (C=O) groups is 3. The molecule has 1 atom stereocenters. The summed E-state index contributed by atoms with van der Waals surface area (Å²) in [7, 11) is 0. The molecule has 1 aromatic carbocycles. The number of carboxylic acids is 1. The van der Waals surface area contributed by atoms with E-state index in [-0.39, 0.29) is 6.42 Å². The standard InChI is InChI=1S/C13H13I2NO5/c1-6(17)16-11(13(19)20)5-8-3-9(14)12(10(15)4-8)21-7(2)18/h3-4,11H,5H2,1-2H3,(H,16,17)(H,19,20)/t11-/m1/s1. The fourth-order valence-electron chi connectivity index (χ4n) is 1.65. The van der Waals surface area contributed by atoms with Crippen LogP contribution >= 0.6 is 45.2 Å². The largest absolute Gasteiger partial charge is 0.480 e. The summed E-state index contributed by atoms with van der Waals surface area (Å²) < 4.78 is 6.52. The van der Waals surface area contributed by atoms with Gasteiger partial charge in [0.25, 0.3) is 0 Å². The highest BCUT2D eigenvalue weighted by molar-refractivity contribution is 14.1. The summed E-state index contributed by atoms with van der Waals surface area (Å²) in [5.41, 5.74) is 0.737. The molecule has 1 rings (SSSR count). The van der Waals surface area contributed by atoms with Crippen LogP contribution in [0.4, 0.5) is 0 Å². The Bertz CT molecular complexity index is 565. The second-order valence-electron chi connectivity index (χ2n) is 4.28. The van der Waals surface area contributed by atoms with Gasteiger partial charge in [0.1, 0.15) is 6.04 Å². The Hall–Kier alpha value is -0.910. The van der Waals surface area contributed by atoms with E-state index in [1.165, 1.54) is 13.8 Å². The molecular weight excluding hydrogens is 504 g/mol. The molecule has 0 unspecified atom stereocenters. The minimum atomic E-state index is -1.10. The van der Waals surface area contributed by atoms with Crippen LogP contribution in [0.15, 0.2) is 12.1 Å². The van der Waals surface area contributed by atoms with E-state index in [0.29, 0.717) is 12.9 Å². The summed E-state index contributed by atoms with van der Waals surface area (Å²) in [6.07, 6.45) is 0.154. The highest BCUT2D eigenvalue weighted by Gasteiger charge is 2.20. The van der Waals surface area contributed by atoms with Gasteiger partial charge in [-0.3, -0.25) is 9.59 Å². The highest BCUT2D eigenvalue weighted by Crippen LogP contribution is 2.29. The van der Waals surface area contributed by atoms with Crippen LogP contribution in [0.1, 0.15) is 19.4 Å². The quantitative estimate of drug-likeness (QED) is 0.354. The number of benzene rings is 1. The molecule has 0 aliphatic rings. The van der Waals surface area contributed by atoms with Gasteiger partial charge in [-0.2, -0.15) is 0 Å². The lowest BCUT2D eigenvalue weighted by Crippen LogP contribution is -2.41. The molecule has 1 amide bonds. The fraction of sp³-hybridized carbons (Fsp3) is 0.308. The van der Waals surface area contributed by atoms with E-state index in [4.69, 9.17) is 9.84 Å². The van der Waals surface area contributed by atoms with Crippen molar-refractivity contribution in [1.82, 2.24) is 5.32 Å². The van der Waals surface area contributed by atoms with Crippen LogP contribution < -0.4 is 10.1 Å². The van der Waals surface area contributed by atoms with Crippen molar-refractivity contribution in [2.45, 2.75) is 26.3 Å². The maximum atomic E-state index is 11.1. The predicted octanol–water partition coefficient (Wildman–Crippen LogP) is 1.95. The molecular formula is C13H13I2NO5. The Morgan fingerprint density at radius 2 is 1.76 bits per heavy atom. The molecule has 2 N–H and O–H groups in total. The lowest BCUT2D eigenvalue weighted by molar-refractivity contribution is -0.141. The number of rotatable bonds is 5. The second kappa shape index (κ2) is 7.92. The SMILES string of the molecule is CC(=O)N[C@H](Cc1cc(I)c(OC(C)=O)c(I)c1)C(=O)O. The second-order valence-corrected chi connectivity index (χ2v) is 6.60. The minimum absolute atomic E-state index is 0.154. The number of carboxylic acid groups (broad SMARTS) is 1. The average molecular weight is 517 g/mol. The molecule has 0 radical (unpaired) electrons. The molecule has 0 bridgehead atoms. The van der Waals surface area contributed by atoms with Crippen LogP contribution in [0.25, 0.3) is 0 Å². The zero-order chi connectivity index (χ0) is 16.2. The molecule has 114 valence electrons. The molecule has 6 nitrogen and oxygen atoms in total. The highest BCUT2D eigenvalue weighted by atomic mass is 127. The molecule has 0 aromatic heterocycles. The first kappa shape index (κ1) is 18.1. The molecule has 0 saturated heterocycles.